The van der Waals surface area contributed by atoms with E-state index >= 15 is 0 Å². The SMILES string of the molecule is COc1cccc(C(=O)N2CCN(C(=O)c3nnn(-c4cc(F)ccc4F)n3)C(C)(C)C2)n1. The molecule has 0 saturated carbocycles. The number of aromatic nitrogens is 5. The maximum Gasteiger partial charge on any atom is 0.296 e. The van der Waals surface area contributed by atoms with Crippen molar-refractivity contribution >= 4 is 11.8 Å². The molecule has 4 rings (SSSR count). The van der Waals surface area contributed by atoms with Crippen molar-refractivity contribution in [2.45, 2.75) is 19.4 Å². The summed E-state index contributed by atoms with van der Waals surface area (Å²) < 4.78 is 32.6. The molecule has 0 bridgehead atoms. The van der Waals surface area contributed by atoms with Crippen molar-refractivity contribution in [3.8, 4) is 11.6 Å². The summed E-state index contributed by atoms with van der Waals surface area (Å²) in [4.78, 5) is 34.1. The first-order valence-corrected chi connectivity index (χ1v) is 10.1. The fourth-order valence-electron chi connectivity index (χ4n) is 3.68. The summed E-state index contributed by atoms with van der Waals surface area (Å²) in [7, 11) is 1.47. The number of amides is 2. The highest BCUT2D eigenvalue weighted by Crippen LogP contribution is 2.24. The van der Waals surface area contributed by atoms with Gasteiger partial charge in [0.25, 0.3) is 17.6 Å². The second-order valence-electron chi connectivity index (χ2n) is 8.06. The smallest absolute Gasteiger partial charge is 0.296 e. The molecular formula is C21H21F2N7O3. The van der Waals surface area contributed by atoms with Crippen molar-refractivity contribution in [3.63, 3.8) is 0 Å². The zero-order valence-electron chi connectivity index (χ0n) is 18.2. The number of pyridine rings is 1. The molecule has 10 nitrogen and oxygen atoms in total. The summed E-state index contributed by atoms with van der Waals surface area (Å²) in [5, 5.41) is 11.3. The van der Waals surface area contributed by atoms with Gasteiger partial charge in [-0.05, 0) is 37.3 Å². The number of ether oxygens (including phenoxy) is 1. The maximum atomic E-state index is 14.0. The normalized spacial score (nSPS) is 15.4. The van der Waals surface area contributed by atoms with Gasteiger partial charge in [-0.1, -0.05) is 6.07 Å². The summed E-state index contributed by atoms with van der Waals surface area (Å²) in [6.45, 7) is 4.33. The second kappa shape index (κ2) is 8.52. The Morgan fingerprint density at radius 3 is 2.61 bits per heavy atom. The van der Waals surface area contributed by atoms with Crippen LogP contribution in [0.4, 0.5) is 8.78 Å². The molecule has 0 aliphatic carbocycles. The van der Waals surface area contributed by atoms with Crippen LogP contribution < -0.4 is 4.74 Å². The third-order valence-corrected chi connectivity index (χ3v) is 5.31. The number of carbonyl (C=O) groups is 2. The van der Waals surface area contributed by atoms with Gasteiger partial charge in [0, 0.05) is 31.8 Å². The van der Waals surface area contributed by atoms with E-state index in [1.165, 1.54) is 12.0 Å². The van der Waals surface area contributed by atoms with Gasteiger partial charge >= 0.3 is 0 Å². The van der Waals surface area contributed by atoms with Crippen LogP contribution in [0.3, 0.4) is 0 Å². The Labute approximate surface area is 187 Å². The summed E-state index contributed by atoms with van der Waals surface area (Å²) >= 11 is 0. The Morgan fingerprint density at radius 2 is 1.88 bits per heavy atom. The van der Waals surface area contributed by atoms with Gasteiger partial charge in [-0.2, -0.15) is 0 Å². The van der Waals surface area contributed by atoms with Gasteiger partial charge in [0.1, 0.15) is 17.2 Å². The molecule has 3 heterocycles. The zero-order chi connectivity index (χ0) is 23.8. The van der Waals surface area contributed by atoms with Gasteiger partial charge in [-0.15, -0.1) is 15.0 Å². The zero-order valence-corrected chi connectivity index (χ0v) is 18.2. The van der Waals surface area contributed by atoms with E-state index < -0.39 is 23.1 Å². The minimum absolute atomic E-state index is 0.213. The largest absolute Gasteiger partial charge is 0.481 e. The molecule has 3 aromatic rings. The molecule has 0 N–H and O–H groups in total. The van der Waals surface area contributed by atoms with Crippen LogP contribution in [0.1, 0.15) is 35.0 Å². The van der Waals surface area contributed by atoms with E-state index in [1.807, 2.05) is 0 Å². The van der Waals surface area contributed by atoms with Crippen molar-refractivity contribution in [1.29, 1.82) is 0 Å². The number of tetrazole rings is 1. The number of methoxy groups -OCH3 is 1. The predicted molar refractivity (Wildman–Crippen MR) is 111 cm³/mol. The molecule has 1 aromatic carbocycles. The van der Waals surface area contributed by atoms with E-state index in [2.05, 4.69) is 20.4 Å². The topological polar surface area (TPSA) is 106 Å². The number of carbonyl (C=O) groups excluding carboxylic acids is 2. The van der Waals surface area contributed by atoms with Crippen LogP contribution in [0, 0.1) is 11.6 Å². The van der Waals surface area contributed by atoms with Gasteiger partial charge < -0.3 is 14.5 Å². The number of halogens is 2. The molecule has 1 saturated heterocycles. The molecule has 2 amide bonds. The summed E-state index contributed by atoms with van der Waals surface area (Å²) in [6.07, 6.45) is 0. The molecule has 33 heavy (non-hydrogen) atoms. The van der Waals surface area contributed by atoms with E-state index in [4.69, 9.17) is 4.74 Å². The van der Waals surface area contributed by atoms with E-state index in [0.29, 0.717) is 5.88 Å². The van der Waals surface area contributed by atoms with Crippen LogP contribution in [0.15, 0.2) is 36.4 Å². The number of rotatable bonds is 4. The molecule has 0 atom stereocenters. The van der Waals surface area contributed by atoms with Crippen molar-refractivity contribution in [1.82, 2.24) is 35.0 Å². The first kappa shape index (κ1) is 22.2. The Hall–Kier alpha value is -3.96. The number of hydrogen-bond donors (Lipinski definition) is 0. The molecule has 172 valence electrons. The fourth-order valence-corrected chi connectivity index (χ4v) is 3.68. The van der Waals surface area contributed by atoms with Gasteiger partial charge in [0.15, 0.2) is 5.82 Å². The summed E-state index contributed by atoms with van der Waals surface area (Å²) in [5.41, 5.74) is -0.784. The Morgan fingerprint density at radius 1 is 1.09 bits per heavy atom. The van der Waals surface area contributed by atoms with E-state index in [0.717, 1.165) is 23.0 Å². The lowest BCUT2D eigenvalue weighted by molar-refractivity contribution is 0.0158. The molecule has 0 spiro atoms. The number of benzene rings is 1. The van der Waals surface area contributed by atoms with Gasteiger partial charge in [-0.3, -0.25) is 9.59 Å². The van der Waals surface area contributed by atoms with E-state index in [-0.39, 0.29) is 42.7 Å². The monoisotopic (exact) mass is 457 g/mol. The first-order valence-electron chi connectivity index (χ1n) is 10.1. The minimum atomic E-state index is -0.764. The van der Waals surface area contributed by atoms with Crippen LogP contribution in [-0.2, 0) is 0 Å². The van der Waals surface area contributed by atoms with Crippen LogP contribution in [0.5, 0.6) is 5.88 Å². The van der Waals surface area contributed by atoms with Gasteiger partial charge in [-0.25, -0.2) is 13.8 Å². The second-order valence-corrected chi connectivity index (χ2v) is 8.06. The lowest BCUT2D eigenvalue weighted by Crippen LogP contribution is -2.62. The Kier molecular flexibility index (Phi) is 5.75. The summed E-state index contributed by atoms with van der Waals surface area (Å²) in [6, 6.07) is 7.74. The van der Waals surface area contributed by atoms with E-state index in [9.17, 15) is 18.4 Å². The molecule has 0 unspecified atom stereocenters. The lowest BCUT2D eigenvalue weighted by Gasteiger charge is -2.46. The lowest BCUT2D eigenvalue weighted by atomic mass is 9.98. The predicted octanol–water partition coefficient (Wildman–Crippen LogP) is 1.72. The Bertz CT molecular complexity index is 1210. The van der Waals surface area contributed by atoms with Crippen LogP contribution in [0.2, 0.25) is 0 Å². The highest BCUT2D eigenvalue weighted by atomic mass is 19.1. The average molecular weight is 457 g/mol. The van der Waals surface area contributed by atoms with Crippen LogP contribution in [-0.4, -0.2) is 79.1 Å². The molecule has 1 aliphatic heterocycles. The minimum Gasteiger partial charge on any atom is -0.481 e. The third-order valence-electron chi connectivity index (χ3n) is 5.31. The number of piperazine rings is 1. The van der Waals surface area contributed by atoms with E-state index in [1.54, 1.807) is 36.9 Å². The molecule has 1 aliphatic rings. The molecule has 1 fully saturated rings. The highest BCUT2D eigenvalue weighted by Gasteiger charge is 2.40. The van der Waals surface area contributed by atoms with Crippen molar-refractivity contribution in [2.24, 2.45) is 0 Å². The third kappa shape index (κ3) is 4.36. The van der Waals surface area contributed by atoms with Crippen LogP contribution >= 0.6 is 0 Å². The van der Waals surface area contributed by atoms with Crippen molar-refractivity contribution in [2.75, 3.05) is 26.7 Å². The molecule has 2 aromatic heterocycles. The standard InChI is InChI=1S/C21H21F2N7O3/c1-21(2)12-28(19(31)15-5-4-6-17(24-15)33-3)9-10-29(21)20(32)18-25-27-30(26-18)16-11-13(22)7-8-14(16)23/h4-8,11H,9-10,12H2,1-3H3. The summed E-state index contributed by atoms with van der Waals surface area (Å²) in [5.74, 6) is -2.18. The maximum absolute atomic E-state index is 14.0. The van der Waals surface area contributed by atoms with Crippen molar-refractivity contribution < 1.29 is 23.1 Å². The number of nitrogens with zero attached hydrogens (tertiary/aromatic N) is 7. The molecular weight excluding hydrogens is 436 g/mol. The first-order chi connectivity index (χ1) is 15.7. The van der Waals surface area contributed by atoms with Crippen LogP contribution in [0.25, 0.3) is 5.69 Å². The Balaban J connectivity index is 1.51. The molecule has 0 radical (unpaired) electrons. The highest BCUT2D eigenvalue weighted by molar-refractivity contribution is 5.94. The van der Waals surface area contributed by atoms with Gasteiger partial charge in [0.2, 0.25) is 5.88 Å². The van der Waals surface area contributed by atoms with Gasteiger partial charge in [0.05, 0.1) is 12.6 Å². The molecule has 12 heteroatoms. The van der Waals surface area contributed by atoms with Crippen molar-refractivity contribution in [3.05, 3.63) is 59.6 Å². The number of hydrogen-bond acceptors (Lipinski definition) is 7. The average Bonchev–Trinajstić information content (AvgIpc) is 3.29. The fraction of sp³-hybridized carbons (Fsp3) is 0.333. The quantitative estimate of drug-likeness (QED) is 0.587.